The number of nitrogens with one attached hydrogen (secondary N) is 1. The van der Waals surface area contributed by atoms with Gasteiger partial charge in [0.1, 0.15) is 6.33 Å². The topological polar surface area (TPSA) is 85.7 Å². The number of hydroxylamine groups is 1. The molecule has 0 spiro atoms. The molecule has 1 saturated heterocycles. The number of carbonyl (C=O) groups excluding carboxylic acids is 2. The van der Waals surface area contributed by atoms with Crippen LogP contribution in [0.15, 0.2) is 67.1 Å². The molecule has 1 aromatic heterocycles. The fourth-order valence-electron chi connectivity index (χ4n) is 3.63. The Bertz CT molecular complexity index is 1060. The van der Waals surface area contributed by atoms with Crippen LogP contribution in [-0.4, -0.2) is 52.7 Å². The highest BCUT2D eigenvalue weighted by Crippen LogP contribution is 2.20. The second-order valence-corrected chi connectivity index (χ2v) is 7.69. The third kappa shape index (κ3) is 5.22. The lowest BCUT2D eigenvalue weighted by atomic mass is 10.1. The Morgan fingerprint density at radius 1 is 1.16 bits per heavy atom. The molecule has 2 amide bonds. The van der Waals surface area contributed by atoms with Gasteiger partial charge in [0.25, 0.3) is 5.91 Å². The molecular formula is C24H26N4O4. The van der Waals surface area contributed by atoms with Gasteiger partial charge in [-0.3, -0.25) is 14.2 Å². The zero-order valence-electron chi connectivity index (χ0n) is 17.9. The predicted octanol–water partition coefficient (Wildman–Crippen LogP) is 3.49. The maximum absolute atomic E-state index is 12.8. The summed E-state index contributed by atoms with van der Waals surface area (Å²) in [5, 5.41) is 0. The van der Waals surface area contributed by atoms with Crippen LogP contribution in [-0.2, 0) is 16.2 Å². The molecular weight excluding hydrogens is 408 g/mol. The van der Waals surface area contributed by atoms with Gasteiger partial charge < -0.3 is 9.64 Å². The number of aromatic nitrogens is 2. The number of carbonyl (C=O) groups is 2. The Morgan fingerprint density at radius 3 is 2.72 bits per heavy atom. The second kappa shape index (κ2) is 10.2. The summed E-state index contributed by atoms with van der Waals surface area (Å²) < 4.78 is 6.85. The van der Waals surface area contributed by atoms with Crippen LogP contribution in [0.1, 0.15) is 28.8 Å². The zero-order chi connectivity index (χ0) is 22.3. The van der Waals surface area contributed by atoms with Gasteiger partial charge in [0.2, 0.25) is 0 Å². The largest absolute Gasteiger partial charge is 0.381 e. The summed E-state index contributed by atoms with van der Waals surface area (Å²) in [5.74, 6) is -0.349. The average molecular weight is 434 g/mol. The van der Waals surface area contributed by atoms with E-state index in [2.05, 4.69) is 10.5 Å². The molecule has 166 valence electrons. The van der Waals surface area contributed by atoms with Gasteiger partial charge >= 0.3 is 6.03 Å². The van der Waals surface area contributed by atoms with Crippen LogP contribution >= 0.6 is 0 Å². The summed E-state index contributed by atoms with van der Waals surface area (Å²) >= 11 is 0. The number of imidazole rings is 1. The highest BCUT2D eigenvalue weighted by atomic mass is 16.6. The second-order valence-electron chi connectivity index (χ2n) is 7.69. The van der Waals surface area contributed by atoms with Crippen molar-refractivity contribution in [3.8, 4) is 11.3 Å². The molecule has 1 N–H and O–H groups in total. The summed E-state index contributed by atoms with van der Waals surface area (Å²) in [4.78, 5) is 36.7. The number of hydrogen-bond acceptors (Lipinski definition) is 5. The minimum Gasteiger partial charge on any atom is -0.381 e. The predicted molar refractivity (Wildman–Crippen MR) is 119 cm³/mol. The summed E-state index contributed by atoms with van der Waals surface area (Å²) in [5.41, 5.74) is 5.21. The third-order valence-corrected chi connectivity index (χ3v) is 5.51. The molecule has 0 atom stereocenters. The van der Waals surface area contributed by atoms with E-state index in [9.17, 15) is 9.59 Å². The SMILES string of the molecule is CN(C(=O)n1cnc(-c2cccc(C(=O)NOCc3ccccc3)c2)c1)C1CCOCC1. The molecule has 1 aliphatic rings. The van der Waals surface area contributed by atoms with Gasteiger partial charge in [-0.2, -0.15) is 0 Å². The Balaban J connectivity index is 1.39. The zero-order valence-corrected chi connectivity index (χ0v) is 17.9. The smallest absolute Gasteiger partial charge is 0.329 e. The highest BCUT2D eigenvalue weighted by molar-refractivity contribution is 5.94. The first kappa shape index (κ1) is 21.7. The highest BCUT2D eigenvalue weighted by Gasteiger charge is 2.23. The number of amides is 2. The first-order valence-electron chi connectivity index (χ1n) is 10.6. The van der Waals surface area contributed by atoms with Crippen LogP contribution in [0.25, 0.3) is 11.3 Å². The average Bonchev–Trinajstić information content (AvgIpc) is 3.35. The summed E-state index contributed by atoms with van der Waals surface area (Å²) in [7, 11) is 1.80. The van der Waals surface area contributed by atoms with Gasteiger partial charge in [-0.25, -0.2) is 15.3 Å². The fourth-order valence-corrected chi connectivity index (χ4v) is 3.63. The number of benzene rings is 2. The van der Waals surface area contributed by atoms with Crippen molar-refractivity contribution >= 4 is 11.9 Å². The van der Waals surface area contributed by atoms with E-state index in [4.69, 9.17) is 9.57 Å². The molecule has 0 aliphatic carbocycles. The van der Waals surface area contributed by atoms with Crippen molar-refractivity contribution in [1.29, 1.82) is 0 Å². The van der Waals surface area contributed by atoms with Gasteiger partial charge in [-0.1, -0.05) is 42.5 Å². The molecule has 0 saturated carbocycles. The maximum atomic E-state index is 12.8. The van der Waals surface area contributed by atoms with Gasteiger partial charge in [0, 0.05) is 43.6 Å². The van der Waals surface area contributed by atoms with Crippen LogP contribution in [0.2, 0.25) is 0 Å². The van der Waals surface area contributed by atoms with Crippen LogP contribution in [0.5, 0.6) is 0 Å². The van der Waals surface area contributed by atoms with Crippen LogP contribution in [0.3, 0.4) is 0 Å². The Morgan fingerprint density at radius 2 is 1.94 bits per heavy atom. The van der Waals surface area contributed by atoms with Crippen molar-refractivity contribution in [2.75, 3.05) is 20.3 Å². The normalized spacial score (nSPS) is 14.2. The lowest BCUT2D eigenvalue weighted by molar-refractivity contribution is 0.0233. The molecule has 8 nitrogen and oxygen atoms in total. The van der Waals surface area contributed by atoms with Gasteiger partial charge in [-0.05, 0) is 30.5 Å². The summed E-state index contributed by atoms with van der Waals surface area (Å²) in [6.45, 7) is 1.61. The number of rotatable bonds is 6. The number of hydrogen-bond donors (Lipinski definition) is 1. The van der Waals surface area contributed by atoms with E-state index in [0.29, 0.717) is 24.5 Å². The molecule has 4 rings (SSSR count). The first-order valence-corrected chi connectivity index (χ1v) is 10.6. The van der Waals surface area contributed by atoms with Gasteiger partial charge in [0.05, 0.1) is 12.3 Å². The lowest BCUT2D eigenvalue weighted by Gasteiger charge is -2.30. The lowest BCUT2D eigenvalue weighted by Crippen LogP contribution is -2.42. The van der Waals surface area contributed by atoms with Crippen LogP contribution < -0.4 is 5.48 Å². The van der Waals surface area contributed by atoms with E-state index in [1.54, 1.807) is 36.3 Å². The van der Waals surface area contributed by atoms with Crippen LogP contribution in [0, 0.1) is 0 Å². The minimum absolute atomic E-state index is 0.140. The maximum Gasteiger partial charge on any atom is 0.329 e. The number of ether oxygens (including phenoxy) is 1. The molecule has 8 heteroatoms. The van der Waals surface area contributed by atoms with Crippen molar-refractivity contribution in [2.24, 2.45) is 0 Å². The van der Waals surface area contributed by atoms with Crippen molar-refractivity contribution in [3.05, 3.63) is 78.2 Å². The van der Waals surface area contributed by atoms with Gasteiger partial charge in [-0.15, -0.1) is 0 Å². The van der Waals surface area contributed by atoms with E-state index in [0.717, 1.165) is 24.0 Å². The van der Waals surface area contributed by atoms with Crippen molar-refractivity contribution in [2.45, 2.75) is 25.5 Å². The third-order valence-electron chi connectivity index (χ3n) is 5.51. The Hall–Kier alpha value is -3.49. The van der Waals surface area contributed by atoms with E-state index in [1.165, 1.54) is 10.9 Å². The molecule has 3 aromatic rings. The molecule has 1 fully saturated rings. The number of nitrogens with zero attached hydrogens (tertiary/aromatic N) is 3. The first-order chi connectivity index (χ1) is 15.6. The quantitative estimate of drug-likeness (QED) is 0.601. The van der Waals surface area contributed by atoms with Gasteiger partial charge in [0.15, 0.2) is 0 Å². The molecule has 32 heavy (non-hydrogen) atoms. The Labute approximate surface area is 186 Å². The standard InChI is InChI=1S/C24H26N4O4/c1-27(21-10-12-31-13-11-21)24(30)28-15-22(25-17-28)19-8-5-9-20(14-19)23(29)26-32-16-18-6-3-2-4-7-18/h2-9,14-15,17,21H,10-13,16H2,1H3,(H,26,29). The molecule has 1 aliphatic heterocycles. The van der Waals surface area contributed by atoms with E-state index in [-0.39, 0.29) is 24.6 Å². The van der Waals surface area contributed by atoms with Crippen LogP contribution in [0.4, 0.5) is 4.79 Å². The molecule has 0 unspecified atom stereocenters. The van der Waals surface area contributed by atoms with E-state index < -0.39 is 0 Å². The molecule has 2 heterocycles. The minimum atomic E-state index is -0.349. The molecule has 0 bridgehead atoms. The summed E-state index contributed by atoms with van der Waals surface area (Å²) in [6, 6.07) is 16.6. The monoisotopic (exact) mass is 434 g/mol. The summed E-state index contributed by atoms with van der Waals surface area (Å²) in [6.07, 6.45) is 4.84. The molecule has 0 radical (unpaired) electrons. The van der Waals surface area contributed by atoms with E-state index in [1.807, 2.05) is 36.4 Å². The fraction of sp³-hybridized carbons (Fsp3) is 0.292. The Kier molecular flexibility index (Phi) is 6.94. The van der Waals surface area contributed by atoms with E-state index >= 15 is 0 Å². The van der Waals surface area contributed by atoms with Crippen molar-refractivity contribution in [3.63, 3.8) is 0 Å². The molecule has 2 aromatic carbocycles. The van der Waals surface area contributed by atoms with Crippen molar-refractivity contribution in [1.82, 2.24) is 19.9 Å². The van der Waals surface area contributed by atoms with Crippen molar-refractivity contribution < 1.29 is 19.2 Å².